The third-order valence-electron chi connectivity index (χ3n) is 8.02. The second kappa shape index (κ2) is 14.4. The Balaban J connectivity index is 1.10. The lowest BCUT2D eigenvalue weighted by Crippen LogP contribution is -2.50. The van der Waals surface area contributed by atoms with Crippen LogP contribution in [0.15, 0.2) is 97.3 Å². The Hall–Kier alpha value is -4.35. The van der Waals surface area contributed by atoms with Crippen LogP contribution in [0.3, 0.4) is 0 Å². The van der Waals surface area contributed by atoms with E-state index in [1.54, 1.807) is 12.4 Å². The van der Waals surface area contributed by atoms with Gasteiger partial charge in [0.1, 0.15) is 0 Å². The fraction of sp³-hybridized carbons (Fsp3) is 0.324. The highest BCUT2D eigenvalue weighted by molar-refractivity contribution is 5.89. The normalized spacial score (nSPS) is 20.7. The number of carbonyl (C=O) groups excluding carboxylic acids is 1. The van der Waals surface area contributed by atoms with Gasteiger partial charge in [0.2, 0.25) is 5.95 Å². The van der Waals surface area contributed by atoms with Gasteiger partial charge in [-0.1, -0.05) is 66.7 Å². The minimum atomic E-state index is -0.559. The molecule has 2 amide bonds. The Bertz CT molecular complexity index is 1470. The van der Waals surface area contributed by atoms with E-state index in [9.17, 15) is 9.90 Å². The van der Waals surface area contributed by atoms with Crippen LogP contribution in [0.1, 0.15) is 41.1 Å². The minimum Gasteiger partial charge on any atom is -0.392 e. The molecular weight excluding hydrogens is 556 g/mol. The third kappa shape index (κ3) is 7.78. The van der Waals surface area contributed by atoms with Crippen molar-refractivity contribution in [3.8, 4) is 0 Å². The van der Waals surface area contributed by atoms with Crippen molar-refractivity contribution in [3.05, 3.63) is 120 Å². The van der Waals surface area contributed by atoms with E-state index >= 15 is 0 Å². The molecular formula is C34H38N6O4. The first-order valence-electron chi connectivity index (χ1n) is 15.1. The molecule has 3 heterocycles. The van der Waals surface area contributed by atoms with Crippen molar-refractivity contribution in [2.75, 3.05) is 42.9 Å². The van der Waals surface area contributed by atoms with Gasteiger partial charge >= 0.3 is 6.03 Å². The van der Waals surface area contributed by atoms with Gasteiger partial charge in [-0.2, -0.15) is 0 Å². The fourth-order valence-electron chi connectivity index (χ4n) is 5.58. The van der Waals surface area contributed by atoms with Gasteiger partial charge in [-0.15, -0.1) is 0 Å². The van der Waals surface area contributed by atoms with Crippen molar-refractivity contribution in [1.29, 1.82) is 0 Å². The number of nitrogens with zero attached hydrogens (tertiary/aromatic N) is 4. The molecule has 0 radical (unpaired) electrons. The number of ether oxygens (including phenoxy) is 2. The van der Waals surface area contributed by atoms with Crippen molar-refractivity contribution in [2.45, 2.75) is 38.1 Å². The summed E-state index contributed by atoms with van der Waals surface area (Å²) in [6.45, 7) is 4.75. The molecule has 3 aromatic carbocycles. The third-order valence-corrected chi connectivity index (χ3v) is 8.02. The molecule has 2 aliphatic heterocycles. The van der Waals surface area contributed by atoms with Crippen molar-refractivity contribution < 1.29 is 19.4 Å². The van der Waals surface area contributed by atoms with Crippen molar-refractivity contribution in [2.24, 2.45) is 0 Å². The standard InChI is InChI=1S/C34H38N6O4/c41-24-26-7-9-27(10-8-26)31-21-30(23-39-17-19-40(20-18-39)33-35-15-4-16-36-33)43-32(44-31)28-11-13-29(14-12-28)38-34(42)37-22-25-5-2-1-3-6-25/h1-16,30-32,41H,17-24H2,(H2,37,38,42)/t30-,31+,32+/m0/s1. The van der Waals surface area contributed by atoms with Gasteiger partial charge in [-0.05, 0) is 34.9 Å². The summed E-state index contributed by atoms with van der Waals surface area (Å²) < 4.78 is 13.1. The average Bonchev–Trinajstić information content (AvgIpc) is 3.09. The first kappa shape index (κ1) is 29.7. The number of nitrogens with one attached hydrogen (secondary N) is 2. The van der Waals surface area contributed by atoms with Crippen LogP contribution in [0.25, 0.3) is 0 Å². The van der Waals surface area contributed by atoms with Crippen LogP contribution in [0.5, 0.6) is 0 Å². The van der Waals surface area contributed by atoms with Gasteiger partial charge in [0.25, 0.3) is 0 Å². The summed E-state index contributed by atoms with van der Waals surface area (Å²) >= 11 is 0. The van der Waals surface area contributed by atoms with Gasteiger partial charge in [0.15, 0.2) is 6.29 Å². The van der Waals surface area contributed by atoms with E-state index in [1.165, 1.54) is 0 Å². The second-order valence-corrected chi connectivity index (χ2v) is 11.1. The SMILES string of the molecule is O=C(NCc1ccccc1)Nc1ccc([C@@H]2O[C@H](CN3CCN(c4ncccn4)CC3)C[C@H](c3ccc(CO)cc3)O2)cc1. The molecule has 2 saturated heterocycles. The highest BCUT2D eigenvalue weighted by Gasteiger charge is 2.34. The maximum atomic E-state index is 12.4. The largest absolute Gasteiger partial charge is 0.392 e. The van der Waals surface area contributed by atoms with Crippen molar-refractivity contribution >= 4 is 17.7 Å². The number of aromatic nitrogens is 2. The maximum Gasteiger partial charge on any atom is 0.319 e. The summed E-state index contributed by atoms with van der Waals surface area (Å²) in [7, 11) is 0. The Morgan fingerprint density at radius 1 is 0.818 bits per heavy atom. The molecule has 44 heavy (non-hydrogen) atoms. The molecule has 4 aromatic rings. The molecule has 0 spiro atoms. The summed E-state index contributed by atoms with van der Waals surface area (Å²) in [4.78, 5) is 25.9. The Kier molecular flexibility index (Phi) is 9.73. The Morgan fingerprint density at radius 2 is 1.52 bits per heavy atom. The molecule has 2 aliphatic rings. The molecule has 10 heteroatoms. The zero-order valence-corrected chi connectivity index (χ0v) is 24.6. The number of aliphatic hydroxyl groups is 1. The van der Waals surface area contributed by atoms with Crippen LogP contribution in [0.2, 0.25) is 0 Å². The lowest BCUT2D eigenvalue weighted by molar-refractivity contribution is -0.253. The number of piperazine rings is 1. The molecule has 3 N–H and O–H groups in total. The smallest absolute Gasteiger partial charge is 0.319 e. The molecule has 6 rings (SSSR count). The lowest BCUT2D eigenvalue weighted by Gasteiger charge is -2.40. The van der Waals surface area contributed by atoms with E-state index in [2.05, 4.69) is 30.4 Å². The summed E-state index contributed by atoms with van der Waals surface area (Å²) in [6.07, 6.45) is 3.52. The molecule has 0 bridgehead atoms. The van der Waals surface area contributed by atoms with Crippen molar-refractivity contribution in [1.82, 2.24) is 20.2 Å². The molecule has 0 saturated carbocycles. The van der Waals surface area contributed by atoms with E-state index in [4.69, 9.17) is 9.47 Å². The quantitative estimate of drug-likeness (QED) is 0.257. The van der Waals surface area contributed by atoms with E-state index in [0.717, 1.165) is 67.3 Å². The van der Waals surface area contributed by atoms with Gasteiger partial charge < -0.3 is 30.1 Å². The number of hydrogen-bond donors (Lipinski definition) is 3. The van der Waals surface area contributed by atoms with Crippen LogP contribution in [0, 0.1) is 0 Å². The number of aliphatic hydroxyl groups excluding tert-OH is 1. The van der Waals surface area contributed by atoms with Gasteiger partial charge in [-0.3, -0.25) is 4.90 Å². The van der Waals surface area contributed by atoms with Crippen LogP contribution < -0.4 is 15.5 Å². The molecule has 1 aromatic heterocycles. The number of rotatable bonds is 9. The number of amides is 2. The number of hydrogen-bond acceptors (Lipinski definition) is 8. The maximum absolute atomic E-state index is 12.4. The zero-order valence-electron chi connectivity index (χ0n) is 24.6. The van der Waals surface area contributed by atoms with E-state index in [1.807, 2.05) is 84.9 Å². The number of benzene rings is 3. The van der Waals surface area contributed by atoms with Crippen LogP contribution in [-0.2, 0) is 22.6 Å². The first-order valence-corrected chi connectivity index (χ1v) is 15.1. The predicted molar refractivity (Wildman–Crippen MR) is 168 cm³/mol. The van der Waals surface area contributed by atoms with Gasteiger partial charge in [0.05, 0.1) is 18.8 Å². The number of urea groups is 1. The zero-order chi connectivity index (χ0) is 30.1. The molecule has 0 unspecified atom stereocenters. The predicted octanol–water partition coefficient (Wildman–Crippen LogP) is 4.66. The topological polar surface area (TPSA) is 112 Å². The monoisotopic (exact) mass is 594 g/mol. The highest BCUT2D eigenvalue weighted by atomic mass is 16.7. The number of anilines is 2. The fourth-order valence-corrected chi connectivity index (χ4v) is 5.58. The first-order chi connectivity index (χ1) is 21.6. The Morgan fingerprint density at radius 3 is 2.23 bits per heavy atom. The highest BCUT2D eigenvalue weighted by Crippen LogP contribution is 2.38. The van der Waals surface area contributed by atoms with Gasteiger partial charge in [-0.25, -0.2) is 14.8 Å². The summed E-state index contributed by atoms with van der Waals surface area (Å²) in [5.41, 5.74) is 4.52. The minimum absolute atomic E-state index is 0.00479. The summed E-state index contributed by atoms with van der Waals surface area (Å²) in [5, 5.41) is 15.3. The lowest BCUT2D eigenvalue weighted by atomic mass is 9.99. The van der Waals surface area contributed by atoms with Crippen LogP contribution in [0.4, 0.5) is 16.4 Å². The molecule has 0 aliphatic carbocycles. The Labute approximate surface area is 257 Å². The van der Waals surface area contributed by atoms with E-state index in [-0.39, 0.29) is 24.8 Å². The molecule has 10 nitrogen and oxygen atoms in total. The van der Waals surface area contributed by atoms with E-state index in [0.29, 0.717) is 12.2 Å². The molecule has 228 valence electrons. The number of carbonyl (C=O) groups is 1. The van der Waals surface area contributed by atoms with Crippen molar-refractivity contribution in [3.63, 3.8) is 0 Å². The molecule has 2 fully saturated rings. The molecule has 3 atom stereocenters. The summed E-state index contributed by atoms with van der Waals surface area (Å²) in [5.74, 6) is 0.771. The van der Waals surface area contributed by atoms with Gasteiger partial charge in [0, 0.05) is 69.3 Å². The second-order valence-electron chi connectivity index (χ2n) is 11.1. The average molecular weight is 595 g/mol. The van der Waals surface area contributed by atoms with Crippen LogP contribution in [-0.4, -0.2) is 64.8 Å². The van der Waals surface area contributed by atoms with E-state index < -0.39 is 6.29 Å². The summed E-state index contributed by atoms with van der Waals surface area (Å²) in [6, 6.07) is 26.9. The van der Waals surface area contributed by atoms with Crippen LogP contribution >= 0.6 is 0 Å².